The van der Waals surface area contributed by atoms with Crippen molar-refractivity contribution in [2.45, 2.75) is 44.2 Å². The number of ether oxygens (including phenoxy) is 4. The Kier molecular flexibility index (Phi) is 8.64. The van der Waals surface area contributed by atoms with Crippen molar-refractivity contribution in [1.29, 1.82) is 0 Å². The Labute approximate surface area is 242 Å². The standard InChI is InChI=1S/C29H34N4O9/c1-39-24-12-20-22(30-16-18-6-3-8-31(18)28(20)35)14-26(24)41-10-5-11-42-27-15-23(33(37)38)21(13-25(27)40-2)29(36)32-9-4-7-19(32)17-34/h12-15,17-19,30H,3-11,16H2,1-2H3/t18-,19-/m0/s1. The minimum absolute atomic E-state index is 0.0181. The molecule has 3 aliphatic heterocycles. The molecular formula is C29H34N4O9. The van der Waals surface area contributed by atoms with E-state index in [0.29, 0.717) is 61.4 Å². The second kappa shape index (κ2) is 12.5. The average molecular weight is 583 g/mol. The van der Waals surface area contributed by atoms with Crippen molar-refractivity contribution in [3.05, 3.63) is 45.5 Å². The molecule has 2 aromatic rings. The summed E-state index contributed by atoms with van der Waals surface area (Å²) < 4.78 is 22.6. The van der Waals surface area contributed by atoms with Crippen molar-refractivity contribution in [3.8, 4) is 23.0 Å². The normalized spacial score (nSPS) is 19.3. The number of benzene rings is 2. The molecule has 3 heterocycles. The van der Waals surface area contributed by atoms with Gasteiger partial charge in [-0.1, -0.05) is 0 Å². The lowest BCUT2D eigenvalue weighted by Crippen LogP contribution is -2.36. The monoisotopic (exact) mass is 582 g/mol. The molecule has 224 valence electrons. The van der Waals surface area contributed by atoms with E-state index in [1.54, 1.807) is 12.1 Å². The van der Waals surface area contributed by atoms with Gasteiger partial charge in [0.15, 0.2) is 23.0 Å². The molecule has 13 heteroatoms. The van der Waals surface area contributed by atoms with Crippen molar-refractivity contribution < 1.29 is 38.3 Å². The average Bonchev–Trinajstić information content (AvgIpc) is 3.66. The fourth-order valence-corrected chi connectivity index (χ4v) is 5.76. The lowest BCUT2D eigenvalue weighted by Gasteiger charge is -2.21. The van der Waals surface area contributed by atoms with E-state index >= 15 is 0 Å². The van der Waals surface area contributed by atoms with Gasteiger partial charge in [-0.3, -0.25) is 19.7 Å². The van der Waals surface area contributed by atoms with Gasteiger partial charge in [-0.25, -0.2) is 0 Å². The fraction of sp³-hybridized carbons (Fsp3) is 0.483. The van der Waals surface area contributed by atoms with Crippen LogP contribution in [0.15, 0.2) is 24.3 Å². The molecule has 0 unspecified atom stereocenters. The molecule has 1 N–H and O–H groups in total. The van der Waals surface area contributed by atoms with Gasteiger partial charge in [-0.05, 0) is 31.7 Å². The first kappa shape index (κ1) is 29.0. The van der Waals surface area contributed by atoms with E-state index in [1.165, 1.54) is 31.3 Å². The highest BCUT2D eigenvalue weighted by atomic mass is 16.6. The van der Waals surface area contributed by atoms with Crippen LogP contribution >= 0.6 is 0 Å². The number of hydrogen-bond acceptors (Lipinski definition) is 10. The van der Waals surface area contributed by atoms with Gasteiger partial charge in [0.25, 0.3) is 17.5 Å². The number of amides is 2. The smallest absolute Gasteiger partial charge is 0.286 e. The fourth-order valence-electron chi connectivity index (χ4n) is 5.76. The van der Waals surface area contributed by atoms with Crippen LogP contribution in [0.4, 0.5) is 11.4 Å². The number of aldehydes is 1. The molecule has 2 saturated heterocycles. The van der Waals surface area contributed by atoms with Crippen molar-refractivity contribution in [2.24, 2.45) is 0 Å². The molecule has 0 saturated carbocycles. The highest BCUT2D eigenvalue weighted by Gasteiger charge is 2.35. The van der Waals surface area contributed by atoms with Crippen LogP contribution in [-0.2, 0) is 4.79 Å². The Bertz CT molecular complexity index is 1380. The number of fused-ring (bicyclic) bond motifs is 2. The van der Waals surface area contributed by atoms with Gasteiger partial charge in [0, 0.05) is 44.2 Å². The van der Waals surface area contributed by atoms with E-state index in [9.17, 15) is 24.5 Å². The molecule has 0 bridgehead atoms. The zero-order valence-electron chi connectivity index (χ0n) is 23.6. The van der Waals surface area contributed by atoms with E-state index in [-0.39, 0.29) is 42.2 Å². The number of nitrogens with zero attached hydrogens (tertiary/aromatic N) is 3. The van der Waals surface area contributed by atoms with Crippen molar-refractivity contribution in [1.82, 2.24) is 9.80 Å². The Balaban J connectivity index is 1.24. The number of likely N-dealkylation sites (tertiary alicyclic amines) is 1. The third kappa shape index (κ3) is 5.63. The van der Waals surface area contributed by atoms with Crippen LogP contribution < -0.4 is 24.3 Å². The van der Waals surface area contributed by atoms with E-state index in [0.717, 1.165) is 19.4 Å². The Morgan fingerprint density at radius 1 is 1.02 bits per heavy atom. The van der Waals surface area contributed by atoms with Crippen LogP contribution in [0, 0.1) is 10.1 Å². The molecule has 0 radical (unpaired) electrons. The van der Waals surface area contributed by atoms with Gasteiger partial charge in [0.05, 0.1) is 55.7 Å². The van der Waals surface area contributed by atoms with Gasteiger partial charge in [-0.15, -0.1) is 0 Å². The van der Waals surface area contributed by atoms with Crippen LogP contribution in [-0.4, -0.2) is 92.0 Å². The third-order valence-corrected chi connectivity index (χ3v) is 7.93. The van der Waals surface area contributed by atoms with Gasteiger partial charge in [-0.2, -0.15) is 0 Å². The largest absolute Gasteiger partial charge is 0.493 e. The van der Waals surface area contributed by atoms with Crippen LogP contribution in [0.25, 0.3) is 0 Å². The summed E-state index contributed by atoms with van der Waals surface area (Å²) >= 11 is 0. The van der Waals surface area contributed by atoms with Crippen molar-refractivity contribution in [3.63, 3.8) is 0 Å². The second-order valence-electron chi connectivity index (χ2n) is 10.4. The molecule has 2 atom stereocenters. The molecule has 13 nitrogen and oxygen atoms in total. The van der Waals surface area contributed by atoms with E-state index in [4.69, 9.17) is 18.9 Å². The van der Waals surface area contributed by atoms with Crippen molar-refractivity contribution >= 4 is 29.5 Å². The lowest BCUT2D eigenvalue weighted by atomic mass is 10.1. The Morgan fingerprint density at radius 3 is 2.40 bits per heavy atom. The number of carbonyl (C=O) groups is 3. The quantitative estimate of drug-likeness (QED) is 0.181. The first-order chi connectivity index (χ1) is 20.4. The minimum Gasteiger partial charge on any atom is -0.493 e. The predicted octanol–water partition coefficient (Wildman–Crippen LogP) is 3.29. The molecule has 2 aromatic carbocycles. The maximum absolute atomic E-state index is 13.1. The third-order valence-electron chi connectivity index (χ3n) is 7.93. The highest BCUT2D eigenvalue weighted by molar-refractivity contribution is 6.02. The number of methoxy groups -OCH3 is 2. The van der Waals surface area contributed by atoms with E-state index in [1.807, 2.05) is 4.90 Å². The molecule has 3 aliphatic rings. The summed E-state index contributed by atoms with van der Waals surface area (Å²) in [6.45, 7) is 2.14. The first-order valence-corrected chi connectivity index (χ1v) is 14.0. The summed E-state index contributed by atoms with van der Waals surface area (Å²) in [4.78, 5) is 52.0. The summed E-state index contributed by atoms with van der Waals surface area (Å²) in [5.74, 6) is 0.576. The zero-order valence-corrected chi connectivity index (χ0v) is 23.6. The molecule has 42 heavy (non-hydrogen) atoms. The van der Waals surface area contributed by atoms with Crippen LogP contribution in [0.5, 0.6) is 23.0 Å². The first-order valence-electron chi connectivity index (χ1n) is 14.0. The van der Waals surface area contributed by atoms with Crippen LogP contribution in [0.3, 0.4) is 0 Å². The van der Waals surface area contributed by atoms with Gasteiger partial charge in [0.1, 0.15) is 11.8 Å². The zero-order chi connectivity index (χ0) is 29.8. The second-order valence-corrected chi connectivity index (χ2v) is 10.4. The number of nitrogens with one attached hydrogen (secondary N) is 1. The summed E-state index contributed by atoms with van der Waals surface area (Å²) in [5, 5.41) is 15.2. The van der Waals surface area contributed by atoms with Crippen molar-refractivity contribution in [2.75, 3.05) is 52.4 Å². The number of nitro groups is 1. The lowest BCUT2D eigenvalue weighted by molar-refractivity contribution is -0.385. The summed E-state index contributed by atoms with van der Waals surface area (Å²) in [5.41, 5.74) is 0.653. The van der Waals surface area contributed by atoms with Crippen LogP contribution in [0.1, 0.15) is 52.8 Å². The number of carbonyl (C=O) groups excluding carboxylic acids is 3. The summed E-state index contributed by atoms with van der Waals surface area (Å²) in [6, 6.07) is 5.49. The van der Waals surface area contributed by atoms with Gasteiger partial charge in [0.2, 0.25) is 0 Å². The molecule has 2 fully saturated rings. The number of rotatable bonds is 11. The van der Waals surface area contributed by atoms with E-state index < -0.39 is 22.6 Å². The molecule has 2 amide bonds. The molecule has 0 aliphatic carbocycles. The molecule has 0 aromatic heterocycles. The number of nitro benzene ring substituents is 1. The van der Waals surface area contributed by atoms with Crippen LogP contribution in [0.2, 0.25) is 0 Å². The predicted molar refractivity (Wildman–Crippen MR) is 151 cm³/mol. The Morgan fingerprint density at radius 2 is 1.71 bits per heavy atom. The Hall–Kier alpha value is -4.55. The SMILES string of the molecule is COc1cc2c(cc1OCCCOc1cc([N+](=O)[O-])c(C(=O)N3CCC[C@H]3C=O)cc1OC)NC[C@@H]1CCCN1C2=O. The number of hydrogen-bond donors (Lipinski definition) is 1. The maximum atomic E-state index is 13.1. The molecular weight excluding hydrogens is 548 g/mol. The van der Waals surface area contributed by atoms with Gasteiger partial charge >= 0.3 is 0 Å². The maximum Gasteiger partial charge on any atom is 0.286 e. The topological polar surface area (TPSA) is 150 Å². The van der Waals surface area contributed by atoms with E-state index in [2.05, 4.69) is 5.32 Å². The van der Waals surface area contributed by atoms with Gasteiger partial charge < -0.3 is 38.9 Å². The number of anilines is 1. The molecule has 5 rings (SSSR count). The summed E-state index contributed by atoms with van der Waals surface area (Å²) in [7, 11) is 2.89. The molecule has 0 spiro atoms. The highest BCUT2D eigenvalue weighted by Crippen LogP contribution is 2.38. The summed E-state index contributed by atoms with van der Waals surface area (Å²) in [6.07, 6.45) is 4.24. The minimum atomic E-state index is -0.651.